The number of para-hydroxylation sites is 1. The van der Waals surface area contributed by atoms with Crippen LogP contribution in [-0.2, 0) is 6.18 Å². The van der Waals surface area contributed by atoms with Crippen molar-refractivity contribution in [3.63, 3.8) is 0 Å². The number of unbranched alkanes of at least 4 members (excludes halogenated alkanes) is 1. The molecule has 0 unspecified atom stereocenters. The van der Waals surface area contributed by atoms with Gasteiger partial charge in [-0.15, -0.1) is 0 Å². The Morgan fingerprint density at radius 2 is 1.95 bits per heavy atom. The summed E-state index contributed by atoms with van der Waals surface area (Å²) in [5.41, 5.74) is -0.919. The standard InChI is InChI=1S/C15H21F3N2O/c1-4-6-10-20(5-2)14(21)11-8-7-9-12(13(11)19-3)15(16,17)18/h7-9,19H,4-6,10H2,1-3H3. The minimum atomic E-state index is -4.49. The number of halogens is 3. The zero-order valence-corrected chi connectivity index (χ0v) is 12.5. The van der Waals surface area contributed by atoms with E-state index in [1.807, 2.05) is 13.8 Å². The third-order valence-corrected chi connectivity index (χ3v) is 3.30. The van der Waals surface area contributed by atoms with Crippen LogP contribution in [0, 0.1) is 0 Å². The van der Waals surface area contributed by atoms with Crippen LogP contribution in [0.15, 0.2) is 18.2 Å². The van der Waals surface area contributed by atoms with E-state index < -0.39 is 11.7 Å². The third kappa shape index (κ3) is 4.12. The summed E-state index contributed by atoms with van der Waals surface area (Å²) >= 11 is 0. The van der Waals surface area contributed by atoms with Crippen molar-refractivity contribution in [1.29, 1.82) is 0 Å². The van der Waals surface area contributed by atoms with Crippen molar-refractivity contribution in [2.45, 2.75) is 32.9 Å². The number of amides is 1. The van der Waals surface area contributed by atoms with Crippen molar-refractivity contribution >= 4 is 11.6 Å². The molecule has 0 fully saturated rings. The molecule has 0 radical (unpaired) electrons. The number of hydrogen-bond acceptors (Lipinski definition) is 2. The van der Waals surface area contributed by atoms with Crippen LogP contribution in [0.25, 0.3) is 0 Å². The van der Waals surface area contributed by atoms with Crippen LogP contribution in [0.4, 0.5) is 18.9 Å². The first-order chi connectivity index (χ1) is 9.86. The van der Waals surface area contributed by atoms with Gasteiger partial charge in [-0.1, -0.05) is 19.4 Å². The molecule has 0 spiro atoms. The number of anilines is 1. The topological polar surface area (TPSA) is 32.3 Å². The fourth-order valence-corrected chi connectivity index (χ4v) is 2.16. The number of rotatable bonds is 6. The first-order valence-electron chi connectivity index (χ1n) is 7.04. The first kappa shape index (κ1) is 17.3. The van der Waals surface area contributed by atoms with Gasteiger partial charge in [0.25, 0.3) is 5.91 Å². The second-order valence-corrected chi connectivity index (χ2v) is 4.71. The average molecular weight is 302 g/mol. The Balaban J connectivity index is 3.20. The SMILES string of the molecule is CCCCN(CC)C(=O)c1cccc(C(F)(F)F)c1NC. The van der Waals surface area contributed by atoms with E-state index in [-0.39, 0.29) is 17.2 Å². The van der Waals surface area contributed by atoms with Gasteiger partial charge in [-0.25, -0.2) is 0 Å². The fourth-order valence-electron chi connectivity index (χ4n) is 2.16. The summed E-state index contributed by atoms with van der Waals surface area (Å²) in [6.07, 6.45) is -2.74. The molecule has 0 heterocycles. The summed E-state index contributed by atoms with van der Waals surface area (Å²) in [6, 6.07) is 3.67. The molecule has 0 aliphatic carbocycles. The molecule has 118 valence electrons. The van der Waals surface area contributed by atoms with Gasteiger partial charge in [-0.3, -0.25) is 4.79 Å². The van der Waals surface area contributed by atoms with Gasteiger partial charge < -0.3 is 10.2 Å². The fraction of sp³-hybridized carbons (Fsp3) is 0.533. The maximum absolute atomic E-state index is 13.0. The van der Waals surface area contributed by atoms with Crippen LogP contribution in [0.5, 0.6) is 0 Å². The molecule has 0 aromatic heterocycles. The normalized spacial score (nSPS) is 11.3. The molecule has 0 saturated heterocycles. The largest absolute Gasteiger partial charge is 0.418 e. The molecule has 0 atom stereocenters. The molecule has 0 aliphatic heterocycles. The zero-order chi connectivity index (χ0) is 16.0. The summed E-state index contributed by atoms with van der Waals surface area (Å²) in [6.45, 7) is 4.84. The van der Waals surface area contributed by atoms with Gasteiger partial charge >= 0.3 is 6.18 Å². The van der Waals surface area contributed by atoms with Crippen molar-refractivity contribution < 1.29 is 18.0 Å². The Hall–Kier alpha value is -1.72. The van der Waals surface area contributed by atoms with Gasteiger partial charge in [0.2, 0.25) is 0 Å². The number of nitrogens with zero attached hydrogens (tertiary/aromatic N) is 1. The van der Waals surface area contributed by atoms with Crippen LogP contribution in [-0.4, -0.2) is 30.9 Å². The summed E-state index contributed by atoms with van der Waals surface area (Å²) < 4.78 is 39.0. The Kier molecular flexibility index (Phi) is 6.05. The van der Waals surface area contributed by atoms with E-state index in [0.29, 0.717) is 13.1 Å². The lowest BCUT2D eigenvalue weighted by Crippen LogP contribution is -2.32. The molecular weight excluding hydrogens is 281 g/mol. The lowest BCUT2D eigenvalue weighted by molar-refractivity contribution is -0.136. The number of benzene rings is 1. The van der Waals surface area contributed by atoms with Crippen molar-refractivity contribution in [2.24, 2.45) is 0 Å². The van der Waals surface area contributed by atoms with E-state index in [4.69, 9.17) is 0 Å². The zero-order valence-electron chi connectivity index (χ0n) is 12.5. The number of alkyl halides is 3. The summed E-state index contributed by atoms with van der Waals surface area (Å²) in [7, 11) is 1.39. The highest BCUT2D eigenvalue weighted by Crippen LogP contribution is 2.36. The number of carbonyl (C=O) groups is 1. The Morgan fingerprint density at radius 1 is 1.29 bits per heavy atom. The minimum Gasteiger partial charge on any atom is -0.387 e. The molecule has 0 aliphatic rings. The summed E-state index contributed by atoms with van der Waals surface area (Å²) in [5, 5.41) is 2.52. The second kappa shape index (κ2) is 7.33. The maximum Gasteiger partial charge on any atom is 0.418 e. The highest BCUT2D eigenvalue weighted by molar-refractivity contribution is 6.00. The molecule has 1 N–H and O–H groups in total. The van der Waals surface area contributed by atoms with Gasteiger partial charge in [0, 0.05) is 20.1 Å². The van der Waals surface area contributed by atoms with Crippen LogP contribution >= 0.6 is 0 Å². The van der Waals surface area contributed by atoms with Crippen LogP contribution in [0.3, 0.4) is 0 Å². The molecule has 1 amide bonds. The predicted molar refractivity (Wildman–Crippen MR) is 77.5 cm³/mol. The second-order valence-electron chi connectivity index (χ2n) is 4.71. The summed E-state index contributed by atoms with van der Waals surface area (Å²) in [5.74, 6) is -0.374. The van der Waals surface area contributed by atoms with Gasteiger partial charge in [-0.05, 0) is 25.5 Å². The van der Waals surface area contributed by atoms with Gasteiger partial charge in [0.15, 0.2) is 0 Å². The van der Waals surface area contributed by atoms with Crippen LogP contribution in [0.2, 0.25) is 0 Å². The molecule has 1 aromatic carbocycles. The predicted octanol–water partition coefficient (Wildman–Crippen LogP) is 4.01. The smallest absolute Gasteiger partial charge is 0.387 e. The molecule has 1 aromatic rings. The number of carbonyl (C=O) groups excluding carboxylic acids is 1. The molecule has 0 saturated carbocycles. The average Bonchev–Trinajstić information content (AvgIpc) is 2.45. The van der Waals surface area contributed by atoms with E-state index in [1.54, 1.807) is 4.90 Å². The molecular formula is C15H21F3N2O. The van der Waals surface area contributed by atoms with Gasteiger partial charge in [-0.2, -0.15) is 13.2 Å². The van der Waals surface area contributed by atoms with Gasteiger partial charge in [0.05, 0.1) is 16.8 Å². The highest BCUT2D eigenvalue weighted by atomic mass is 19.4. The van der Waals surface area contributed by atoms with E-state index in [0.717, 1.165) is 18.9 Å². The molecule has 6 heteroatoms. The molecule has 3 nitrogen and oxygen atoms in total. The van der Waals surface area contributed by atoms with Gasteiger partial charge in [0.1, 0.15) is 0 Å². The highest BCUT2D eigenvalue weighted by Gasteiger charge is 2.35. The number of hydrogen-bond donors (Lipinski definition) is 1. The molecule has 0 bridgehead atoms. The van der Waals surface area contributed by atoms with E-state index in [2.05, 4.69) is 5.32 Å². The van der Waals surface area contributed by atoms with E-state index in [9.17, 15) is 18.0 Å². The molecule has 21 heavy (non-hydrogen) atoms. The van der Waals surface area contributed by atoms with Crippen LogP contribution < -0.4 is 5.32 Å². The Labute approximate surface area is 123 Å². The lowest BCUT2D eigenvalue weighted by Gasteiger charge is -2.23. The van der Waals surface area contributed by atoms with Crippen molar-refractivity contribution in [3.8, 4) is 0 Å². The van der Waals surface area contributed by atoms with E-state index >= 15 is 0 Å². The monoisotopic (exact) mass is 302 g/mol. The number of nitrogens with one attached hydrogen (secondary N) is 1. The van der Waals surface area contributed by atoms with Crippen molar-refractivity contribution in [3.05, 3.63) is 29.3 Å². The molecule has 1 rings (SSSR count). The lowest BCUT2D eigenvalue weighted by atomic mass is 10.0. The third-order valence-electron chi connectivity index (χ3n) is 3.30. The van der Waals surface area contributed by atoms with E-state index in [1.165, 1.54) is 19.2 Å². The first-order valence-corrected chi connectivity index (χ1v) is 7.04. The van der Waals surface area contributed by atoms with Crippen molar-refractivity contribution in [1.82, 2.24) is 4.90 Å². The summed E-state index contributed by atoms with van der Waals surface area (Å²) in [4.78, 5) is 14.0. The Bertz CT molecular complexity index is 486. The quantitative estimate of drug-likeness (QED) is 0.861. The minimum absolute atomic E-state index is 0.0604. The van der Waals surface area contributed by atoms with Crippen LogP contribution in [0.1, 0.15) is 42.6 Å². The maximum atomic E-state index is 13.0. The Morgan fingerprint density at radius 3 is 2.43 bits per heavy atom. The van der Waals surface area contributed by atoms with Crippen molar-refractivity contribution in [2.75, 3.05) is 25.5 Å².